The van der Waals surface area contributed by atoms with Crippen molar-refractivity contribution in [3.05, 3.63) is 0 Å². The summed E-state index contributed by atoms with van der Waals surface area (Å²) >= 11 is 0. The second kappa shape index (κ2) is 6.13. The summed E-state index contributed by atoms with van der Waals surface area (Å²) in [5.41, 5.74) is 0. The van der Waals surface area contributed by atoms with E-state index < -0.39 is 0 Å². The van der Waals surface area contributed by atoms with Crippen LogP contribution in [0, 0.1) is 5.92 Å². The monoisotopic (exact) mass is 264 g/mol. The van der Waals surface area contributed by atoms with E-state index in [0.29, 0.717) is 0 Å². The fourth-order valence-electron chi connectivity index (χ4n) is 4.94. The molecule has 3 fully saturated rings. The molecule has 4 atom stereocenters. The standard InChI is InChI=1S/C17H32N2/c1-3-15-8-4-5-10-17(15)19-13-16-9-6-7-11-18(16)12-14(19)2/h14-17H,3-13H2,1-2H3. The molecular formula is C17H32N2. The van der Waals surface area contributed by atoms with Crippen LogP contribution in [0.4, 0.5) is 0 Å². The molecule has 0 amide bonds. The largest absolute Gasteiger partial charge is 0.298 e. The van der Waals surface area contributed by atoms with Crippen LogP contribution in [0.2, 0.25) is 0 Å². The Balaban J connectivity index is 1.68. The average molecular weight is 264 g/mol. The summed E-state index contributed by atoms with van der Waals surface area (Å²) in [6, 6.07) is 2.56. The molecule has 3 rings (SSSR count). The lowest BCUT2D eigenvalue weighted by atomic mass is 9.80. The van der Waals surface area contributed by atoms with Crippen molar-refractivity contribution in [3.63, 3.8) is 0 Å². The molecule has 0 spiro atoms. The molecule has 1 aliphatic carbocycles. The second-order valence-electron chi connectivity index (χ2n) is 7.21. The van der Waals surface area contributed by atoms with E-state index in [4.69, 9.17) is 0 Å². The highest BCUT2D eigenvalue weighted by atomic mass is 15.3. The maximum absolute atomic E-state index is 2.92. The van der Waals surface area contributed by atoms with Gasteiger partial charge < -0.3 is 0 Å². The van der Waals surface area contributed by atoms with Crippen molar-refractivity contribution >= 4 is 0 Å². The third-order valence-corrected chi connectivity index (χ3v) is 6.05. The van der Waals surface area contributed by atoms with Gasteiger partial charge in [0.25, 0.3) is 0 Å². The minimum absolute atomic E-state index is 0.784. The maximum Gasteiger partial charge on any atom is 0.0224 e. The number of fused-ring (bicyclic) bond motifs is 1. The summed E-state index contributed by atoms with van der Waals surface area (Å²) < 4.78 is 0. The van der Waals surface area contributed by atoms with Gasteiger partial charge in [0.2, 0.25) is 0 Å². The lowest BCUT2D eigenvalue weighted by molar-refractivity contribution is -0.0318. The van der Waals surface area contributed by atoms with Crippen molar-refractivity contribution in [2.45, 2.75) is 83.3 Å². The molecule has 0 aromatic rings. The van der Waals surface area contributed by atoms with Gasteiger partial charge in [-0.15, -0.1) is 0 Å². The van der Waals surface area contributed by atoms with Crippen LogP contribution in [0.25, 0.3) is 0 Å². The minimum atomic E-state index is 0.784. The van der Waals surface area contributed by atoms with E-state index in [9.17, 15) is 0 Å². The number of hydrogen-bond acceptors (Lipinski definition) is 2. The number of nitrogens with zero attached hydrogens (tertiary/aromatic N) is 2. The summed E-state index contributed by atoms with van der Waals surface area (Å²) in [7, 11) is 0. The van der Waals surface area contributed by atoms with Crippen LogP contribution >= 0.6 is 0 Å². The van der Waals surface area contributed by atoms with E-state index in [-0.39, 0.29) is 0 Å². The van der Waals surface area contributed by atoms with Crippen molar-refractivity contribution in [3.8, 4) is 0 Å². The van der Waals surface area contributed by atoms with Gasteiger partial charge in [-0.3, -0.25) is 9.80 Å². The number of hydrogen-bond donors (Lipinski definition) is 0. The smallest absolute Gasteiger partial charge is 0.0224 e. The van der Waals surface area contributed by atoms with Crippen LogP contribution in [0.5, 0.6) is 0 Å². The SMILES string of the molecule is CCC1CCCCC1N1CC2CCCCN2CC1C. The Hall–Kier alpha value is -0.0800. The molecular weight excluding hydrogens is 232 g/mol. The van der Waals surface area contributed by atoms with Crippen LogP contribution in [0.15, 0.2) is 0 Å². The van der Waals surface area contributed by atoms with Crippen molar-refractivity contribution in [2.75, 3.05) is 19.6 Å². The van der Waals surface area contributed by atoms with Gasteiger partial charge in [-0.05, 0) is 45.1 Å². The predicted octanol–water partition coefficient (Wildman–Crippen LogP) is 3.51. The molecule has 19 heavy (non-hydrogen) atoms. The van der Waals surface area contributed by atoms with Gasteiger partial charge in [0, 0.05) is 31.2 Å². The summed E-state index contributed by atoms with van der Waals surface area (Å²) in [4.78, 5) is 5.70. The first-order valence-electron chi connectivity index (χ1n) is 8.79. The molecule has 2 aliphatic heterocycles. The predicted molar refractivity (Wildman–Crippen MR) is 81.4 cm³/mol. The zero-order valence-electron chi connectivity index (χ0n) is 13.0. The molecule has 2 nitrogen and oxygen atoms in total. The Labute approximate surface area is 119 Å². The second-order valence-corrected chi connectivity index (χ2v) is 7.21. The number of piperidine rings is 1. The topological polar surface area (TPSA) is 6.48 Å². The molecule has 2 heteroatoms. The van der Waals surface area contributed by atoms with Crippen LogP contribution in [-0.2, 0) is 0 Å². The third kappa shape index (κ3) is 2.85. The first kappa shape index (κ1) is 13.9. The molecule has 3 aliphatic rings. The third-order valence-electron chi connectivity index (χ3n) is 6.05. The normalized spacial score (nSPS) is 42.0. The molecule has 2 heterocycles. The Kier molecular flexibility index (Phi) is 4.48. The van der Waals surface area contributed by atoms with Gasteiger partial charge in [0.15, 0.2) is 0 Å². The Morgan fingerprint density at radius 2 is 1.74 bits per heavy atom. The van der Waals surface area contributed by atoms with Gasteiger partial charge in [0.1, 0.15) is 0 Å². The molecule has 4 unspecified atom stereocenters. The summed E-state index contributed by atoms with van der Waals surface area (Å²) in [6.07, 6.45) is 11.6. The van der Waals surface area contributed by atoms with Crippen molar-refractivity contribution in [1.29, 1.82) is 0 Å². The fourth-order valence-corrected chi connectivity index (χ4v) is 4.94. The first-order valence-corrected chi connectivity index (χ1v) is 8.79. The zero-order valence-corrected chi connectivity index (χ0v) is 13.0. The number of rotatable bonds is 2. The van der Waals surface area contributed by atoms with Gasteiger partial charge >= 0.3 is 0 Å². The van der Waals surface area contributed by atoms with E-state index in [1.54, 1.807) is 0 Å². The highest BCUT2D eigenvalue weighted by Gasteiger charge is 2.38. The van der Waals surface area contributed by atoms with Crippen molar-refractivity contribution in [2.24, 2.45) is 5.92 Å². The van der Waals surface area contributed by atoms with Crippen LogP contribution in [0.1, 0.15) is 65.2 Å². The maximum atomic E-state index is 2.92. The summed E-state index contributed by atoms with van der Waals surface area (Å²) in [6.45, 7) is 8.95. The van der Waals surface area contributed by atoms with E-state index in [0.717, 1.165) is 24.0 Å². The molecule has 2 saturated heterocycles. The minimum Gasteiger partial charge on any atom is -0.298 e. The molecule has 0 aromatic carbocycles. The molecule has 0 aromatic heterocycles. The molecule has 0 N–H and O–H groups in total. The highest BCUT2D eigenvalue weighted by molar-refractivity contribution is 4.94. The van der Waals surface area contributed by atoms with E-state index >= 15 is 0 Å². The van der Waals surface area contributed by atoms with Gasteiger partial charge in [-0.2, -0.15) is 0 Å². The molecule has 0 radical (unpaired) electrons. The molecule has 0 bridgehead atoms. The Bertz CT molecular complexity index is 291. The lowest BCUT2D eigenvalue weighted by Crippen LogP contribution is -2.62. The van der Waals surface area contributed by atoms with Crippen LogP contribution in [0.3, 0.4) is 0 Å². The van der Waals surface area contributed by atoms with Crippen LogP contribution in [-0.4, -0.2) is 47.6 Å². The van der Waals surface area contributed by atoms with E-state index in [1.807, 2.05) is 0 Å². The fraction of sp³-hybridized carbons (Fsp3) is 1.00. The van der Waals surface area contributed by atoms with Gasteiger partial charge in [0.05, 0.1) is 0 Å². The quantitative estimate of drug-likeness (QED) is 0.753. The van der Waals surface area contributed by atoms with Gasteiger partial charge in [-0.1, -0.05) is 32.6 Å². The zero-order chi connectivity index (χ0) is 13.2. The average Bonchev–Trinajstić information content (AvgIpc) is 2.46. The summed E-state index contributed by atoms with van der Waals surface area (Å²) in [5, 5.41) is 0. The molecule has 1 saturated carbocycles. The van der Waals surface area contributed by atoms with Crippen molar-refractivity contribution in [1.82, 2.24) is 9.80 Å². The van der Waals surface area contributed by atoms with Gasteiger partial charge in [-0.25, -0.2) is 0 Å². The van der Waals surface area contributed by atoms with E-state index in [1.165, 1.54) is 71.0 Å². The highest BCUT2D eigenvalue weighted by Crippen LogP contribution is 2.34. The lowest BCUT2D eigenvalue weighted by Gasteiger charge is -2.52. The summed E-state index contributed by atoms with van der Waals surface area (Å²) in [5.74, 6) is 0.978. The number of piperazine rings is 1. The van der Waals surface area contributed by atoms with Crippen LogP contribution < -0.4 is 0 Å². The van der Waals surface area contributed by atoms with E-state index in [2.05, 4.69) is 23.6 Å². The van der Waals surface area contributed by atoms with Crippen molar-refractivity contribution < 1.29 is 0 Å². The Morgan fingerprint density at radius 3 is 2.58 bits per heavy atom. The first-order chi connectivity index (χ1) is 9.29. The molecule has 110 valence electrons. The Morgan fingerprint density at radius 1 is 0.947 bits per heavy atom.